The highest BCUT2D eigenvalue weighted by Crippen LogP contribution is 2.40. The summed E-state index contributed by atoms with van der Waals surface area (Å²) in [6, 6.07) is 24.1. The monoisotopic (exact) mass is 445 g/mol. The molecular weight excluding hydrogens is 426 g/mol. The van der Waals surface area contributed by atoms with E-state index in [1.165, 1.54) is 5.56 Å². The Hall–Kier alpha value is -3.22. The third kappa shape index (κ3) is 3.92. The second-order valence-electron chi connectivity index (χ2n) is 7.38. The predicted molar refractivity (Wildman–Crippen MR) is 126 cm³/mol. The summed E-state index contributed by atoms with van der Waals surface area (Å²) in [6.07, 6.45) is 5.50. The molecule has 1 saturated heterocycles. The lowest BCUT2D eigenvalue weighted by atomic mass is 10.0. The Morgan fingerprint density at radius 2 is 1.77 bits per heavy atom. The number of halogens is 1. The van der Waals surface area contributed by atoms with E-state index >= 15 is 0 Å². The van der Waals surface area contributed by atoms with Gasteiger partial charge in [0.05, 0.1) is 22.8 Å². The van der Waals surface area contributed by atoms with Crippen molar-refractivity contribution >= 4 is 28.9 Å². The van der Waals surface area contributed by atoms with Crippen LogP contribution in [0.2, 0.25) is 5.02 Å². The molecule has 5 nitrogen and oxygen atoms in total. The molecule has 1 aliphatic heterocycles. The van der Waals surface area contributed by atoms with Gasteiger partial charge in [0.25, 0.3) is 0 Å². The van der Waals surface area contributed by atoms with E-state index in [4.69, 9.17) is 23.8 Å². The molecule has 1 N–H and O–H groups in total. The molecule has 4 heterocycles. The molecule has 0 bridgehead atoms. The molecular formula is C24H20ClN5S. The summed E-state index contributed by atoms with van der Waals surface area (Å²) in [4.78, 5) is 11.4. The first kappa shape index (κ1) is 19.7. The number of rotatable bonds is 5. The highest BCUT2D eigenvalue weighted by atomic mass is 35.5. The minimum absolute atomic E-state index is 0.0601. The molecule has 0 radical (unpaired) electrons. The van der Waals surface area contributed by atoms with Crippen LogP contribution < -0.4 is 5.32 Å². The van der Waals surface area contributed by atoms with Crippen molar-refractivity contribution in [2.45, 2.75) is 18.6 Å². The van der Waals surface area contributed by atoms with Gasteiger partial charge in [0, 0.05) is 30.8 Å². The van der Waals surface area contributed by atoms with E-state index in [0.29, 0.717) is 16.7 Å². The van der Waals surface area contributed by atoms with Crippen LogP contribution in [0, 0.1) is 0 Å². The van der Waals surface area contributed by atoms with Crippen molar-refractivity contribution in [1.29, 1.82) is 0 Å². The van der Waals surface area contributed by atoms with Gasteiger partial charge in [0.2, 0.25) is 0 Å². The van der Waals surface area contributed by atoms with Gasteiger partial charge in [0.15, 0.2) is 5.11 Å². The Kier molecular flexibility index (Phi) is 5.40. The summed E-state index contributed by atoms with van der Waals surface area (Å²) in [5.41, 5.74) is 3.22. The number of nitrogens with zero attached hydrogens (tertiary/aromatic N) is 4. The lowest BCUT2D eigenvalue weighted by molar-refractivity contribution is 0.302. The van der Waals surface area contributed by atoms with Gasteiger partial charge < -0.3 is 14.8 Å². The number of hydrogen-bond acceptors (Lipinski definition) is 3. The van der Waals surface area contributed by atoms with Gasteiger partial charge in [-0.05, 0) is 54.2 Å². The largest absolute Gasteiger partial charge is 0.352 e. The second-order valence-corrected chi connectivity index (χ2v) is 8.20. The number of hydrogen-bond donors (Lipinski definition) is 1. The average Bonchev–Trinajstić information content (AvgIpc) is 3.40. The maximum atomic E-state index is 6.06. The molecule has 31 heavy (non-hydrogen) atoms. The summed E-state index contributed by atoms with van der Waals surface area (Å²) in [6.45, 7) is 0.694. The SMILES string of the molecule is S=C1NC(c2ccccn2)C(c2cccn2-c2ccc(Cl)cn2)N1Cc1ccccc1. The van der Waals surface area contributed by atoms with Crippen LogP contribution in [-0.4, -0.2) is 24.5 Å². The van der Waals surface area contributed by atoms with Crippen molar-refractivity contribution in [3.8, 4) is 5.82 Å². The van der Waals surface area contributed by atoms with Crippen molar-refractivity contribution in [3.63, 3.8) is 0 Å². The van der Waals surface area contributed by atoms with Crippen LogP contribution in [0.25, 0.3) is 5.82 Å². The molecule has 0 amide bonds. The molecule has 1 aromatic carbocycles. The lowest BCUT2D eigenvalue weighted by Gasteiger charge is -2.28. The third-order valence-corrected chi connectivity index (χ3v) is 6.01. The van der Waals surface area contributed by atoms with Crippen molar-refractivity contribution in [2.75, 3.05) is 0 Å². The fourth-order valence-electron chi connectivity index (χ4n) is 4.03. The lowest BCUT2D eigenvalue weighted by Crippen LogP contribution is -2.30. The van der Waals surface area contributed by atoms with Crippen LogP contribution in [0.5, 0.6) is 0 Å². The molecule has 154 valence electrons. The molecule has 5 rings (SSSR count). The summed E-state index contributed by atoms with van der Waals surface area (Å²) < 4.78 is 2.09. The van der Waals surface area contributed by atoms with Crippen LogP contribution in [0.15, 0.2) is 91.4 Å². The Labute approximate surface area is 191 Å². The molecule has 0 saturated carbocycles. The molecule has 1 fully saturated rings. The van der Waals surface area contributed by atoms with Gasteiger partial charge in [-0.3, -0.25) is 4.98 Å². The quantitative estimate of drug-likeness (QED) is 0.433. The Bertz CT molecular complexity index is 1180. The van der Waals surface area contributed by atoms with E-state index in [-0.39, 0.29) is 12.1 Å². The minimum Gasteiger partial charge on any atom is -0.352 e. The second kappa shape index (κ2) is 8.49. The molecule has 3 aromatic heterocycles. The van der Waals surface area contributed by atoms with Crippen LogP contribution in [-0.2, 0) is 6.54 Å². The van der Waals surface area contributed by atoms with Crippen LogP contribution in [0.4, 0.5) is 0 Å². The first-order chi connectivity index (χ1) is 15.2. The van der Waals surface area contributed by atoms with Crippen LogP contribution in [0.3, 0.4) is 0 Å². The molecule has 1 aliphatic rings. The number of thiocarbonyl (C=S) groups is 1. The molecule has 0 spiro atoms. The summed E-state index contributed by atoms with van der Waals surface area (Å²) in [5.74, 6) is 0.807. The smallest absolute Gasteiger partial charge is 0.170 e. The number of pyridine rings is 2. The first-order valence-corrected chi connectivity index (χ1v) is 10.8. The molecule has 7 heteroatoms. The summed E-state index contributed by atoms with van der Waals surface area (Å²) >= 11 is 11.8. The van der Waals surface area contributed by atoms with Crippen molar-refractivity contribution in [3.05, 3.63) is 113 Å². The predicted octanol–water partition coefficient (Wildman–Crippen LogP) is 5.09. The summed E-state index contributed by atoms with van der Waals surface area (Å²) in [7, 11) is 0. The van der Waals surface area contributed by atoms with E-state index in [1.807, 2.05) is 67.0 Å². The van der Waals surface area contributed by atoms with Crippen LogP contribution >= 0.6 is 23.8 Å². The Morgan fingerprint density at radius 3 is 2.52 bits per heavy atom. The topological polar surface area (TPSA) is 46.0 Å². The van der Waals surface area contributed by atoms with Crippen LogP contribution in [0.1, 0.15) is 29.0 Å². The maximum Gasteiger partial charge on any atom is 0.170 e. The van der Waals surface area contributed by atoms with E-state index in [9.17, 15) is 0 Å². The highest BCUT2D eigenvalue weighted by Gasteiger charge is 2.41. The Balaban J connectivity index is 1.60. The van der Waals surface area contributed by atoms with Gasteiger partial charge in [-0.2, -0.15) is 0 Å². The van der Waals surface area contributed by atoms with Gasteiger partial charge in [-0.15, -0.1) is 0 Å². The molecule has 2 atom stereocenters. The van der Waals surface area contributed by atoms with Crippen molar-refractivity contribution < 1.29 is 0 Å². The average molecular weight is 446 g/mol. The zero-order valence-corrected chi connectivity index (χ0v) is 18.2. The first-order valence-electron chi connectivity index (χ1n) is 10.0. The standard InChI is InChI=1S/C24H20ClN5S/c25-18-11-12-21(27-15-18)29-14-6-10-20(29)23-22(19-9-4-5-13-26-19)28-24(31)30(23)16-17-7-2-1-3-8-17/h1-15,22-23H,16H2,(H,28,31). The maximum absolute atomic E-state index is 6.06. The van der Waals surface area contributed by atoms with Gasteiger partial charge in [-0.25, -0.2) is 4.98 Å². The minimum atomic E-state index is -0.0848. The molecule has 4 aromatic rings. The molecule has 0 aliphatic carbocycles. The van der Waals surface area contributed by atoms with E-state index in [0.717, 1.165) is 17.2 Å². The zero-order valence-electron chi connectivity index (χ0n) is 16.6. The van der Waals surface area contributed by atoms with E-state index in [2.05, 4.69) is 43.0 Å². The Morgan fingerprint density at radius 1 is 0.935 bits per heavy atom. The number of benzene rings is 1. The fourth-order valence-corrected chi connectivity index (χ4v) is 4.45. The number of aromatic nitrogens is 3. The third-order valence-electron chi connectivity index (χ3n) is 5.44. The highest BCUT2D eigenvalue weighted by molar-refractivity contribution is 7.80. The van der Waals surface area contributed by atoms with Gasteiger partial charge >= 0.3 is 0 Å². The summed E-state index contributed by atoms with van der Waals surface area (Å²) in [5, 5.41) is 4.83. The van der Waals surface area contributed by atoms with Gasteiger partial charge in [-0.1, -0.05) is 48.0 Å². The van der Waals surface area contributed by atoms with Crippen molar-refractivity contribution in [2.24, 2.45) is 0 Å². The normalized spacial score (nSPS) is 18.2. The fraction of sp³-hybridized carbons (Fsp3) is 0.125. The van der Waals surface area contributed by atoms with Crippen molar-refractivity contribution in [1.82, 2.24) is 24.8 Å². The zero-order chi connectivity index (χ0) is 21.2. The van der Waals surface area contributed by atoms with E-state index < -0.39 is 0 Å². The van der Waals surface area contributed by atoms with Gasteiger partial charge in [0.1, 0.15) is 5.82 Å². The number of nitrogens with one attached hydrogen (secondary N) is 1. The molecule has 2 unspecified atom stereocenters. The van der Waals surface area contributed by atoms with E-state index in [1.54, 1.807) is 6.20 Å².